The molecule has 8 unspecified atom stereocenters. The third-order valence-electron chi connectivity index (χ3n) is 8.33. The van der Waals surface area contributed by atoms with E-state index in [0.29, 0.717) is 18.4 Å². The Morgan fingerprint density at radius 2 is 1.71 bits per heavy atom. The normalized spacial score (nSPS) is 55.9. The van der Waals surface area contributed by atoms with Crippen LogP contribution in [0.3, 0.4) is 0 Å². The first-order valence-corrected chi connectivity index (χ1v) is 9.34. The number of aliphatic hydroxyl groups is 3. The number of hydrogen-bond acceptors (Lipinski definition) is 4. The Balaban J connectivity index is 1.88. The molecule has 4 saturated carbocycles. The van der Waals surface area contributed by atoms with Gasteiger partial charge in [-0.05, 0) is 60.3 Å². The van der Waals surface area contributed by atoms with E-state index >= 15 is 0 Å². The molecule has 0 aromatic carbocycles. The molecule has 0 heterocycles. The second kappa shape index (κ2) is 4.72. The molecule has 0 radical (unpaired) electrons. The van der Waals surface area contributed by atoms with Gasteiger partial charge >= 0.3 is 0 Å². The van der Waals surface area contributed by atoms with Gasteiger partial charge in [0.05, 0.1) is 23.7 Å². The van der Waals surface area contributed by atoms with Gasteiger partial charge in [-0.1, -0.05) is 27.4 Å². The summed E-state index contributed by atoms with van der Waals surface area (Å²) in [5.74, 6) is -0.173. The highest BCUT2D eigenvalue weighted by Crippen LogP contribution is 2.70. The Labute approximate surface area is 144 Å². The second-order valence-electron chi connectivity index (χ2n) is 9.83. The number of fused-ring (bicyclic) bond motifs is 3. The maximum Gasteiger partial charge on any atom is 0.170 e. The van der Waals surface area contributed by atoms with Gasteiger partial charge in [-0.3, -0.25) is 4.79 Å². The molecule has 4 rings (SSSR count). The van der Waals surface area contributed by atoms with E-state index in [9.17, 15) is 20.1 Å². The molecule has 24 heavy (non-hydrogen) atoms. The van der Waals surface area contributed by atoms with E-state index in [0.717, 1.165) is 19.3 Å². The minimum absolute atomic E-state index is 0.0878. The molecule has 3 N–H and O–H groups in total. The summed E-state index contributed by atoms with van der Waals surface area (Å²) in [5, 5.41) is 32.6. The Morgan fingerprint density at radius 3 is 2.38 bits per heavy atom. The van der Waals surface area contributed by atoms with E-state index in [1.807, 2.05) is 0 Å². The Hall–Kier alpha value is -0.710. The number of rotatable bonds is 0. The fourth-order valence-electron chi connectivity index (χ4n) is 7.60. The van der Waals surface area contributed by atoms with Crippen LogP contribution in [-0.2, 0) is 4.79 Å². The van der Waals surface area contributed by atoms with E-state index in [2.05, 4.69) is 27.4 Å². The molecular formula is C20H30O4. The molecule has 4 aliphatic carbocycles. The van der Waals surface area contributed by atoms with Crippen molar-refractivity contribution in [2.75, 3.05) is 0 Å². The van der Waals surface area contributed by atoms with Crippen molar-refractivity contribution in [3.8, 4) is 0 Å². The number of aliphatic hydroxyl groups excluding tert-OH is 3. The molecule has 0 aromatic heterocycles. The van der Waals surface area contributed by atoms with E-state index in [1.54, 1.807) is 0 Å². The minimum Gasteiger partial charge on any atom is -0.393 e. The summed E-state index contributed by atoms with van der Waals surface area (Å²) in [6.45, 7) is 10.5. The summed E-state index contributed by atoms with van der Waals surface area (Å²) in [6, 6.07) is 0. The summed E-state index contributed by atoms with van der Waals surface area (Å²) in [7, 11) is 0. The highest BCUT2D eigenvalue weighted by molar-refractivity contribution is 6.04. The first-order chi connectivity index (χ1) is 11.1. The molecule has 4 fully saturated rings. The molecular weight excluding hydrogens is 304 g/mol. The lowest BCUT2D eigenvalue weighted by molar-refractivity contribution is -0.235. The van der Waals surface area contributed by atoms with Gasteiger partial charge in [0, 0.05) is 5.92 Å². The molecule has 4 nitrogen and oxygen atoms in total. The SMILES string of the molecule is C=C1C(=O)C23C(O)CC4C(C)(C)CC(O)CC4(C)C2CCC1C3O. The Bertz CT molecular complexity index is 611. The van der Waals surface area contributed by atoms with Gasteiger partial charge in [-0.25, -0.2) is 0 Å². The molecule has 0 saturated heterocycles. The quantitative estimate of drug-likeness (QED) is 0.593. The first kappa shape index (κ1) is 16.7. The van der Waals surface area contributed by atoms with E-state index in [4.69, 9.17) is 0 Å². The Kier molecular flexibility index (Phi) is 3.29. The van der Waals surface area contributed by atoms with E-state index in [-0.39, 0.29) is 40.5 Å². The van der Waals surface area contributed by atoms with Crippen molar-refractivity contribution in [2.45, 2.75) is 71.2 Å². The summed E-state index contributed by atoms with van der Waals surface area (Å²) >= 11 is 0. The van der Waals surface area contributed by atoms with Crippen LogP contribution in [0.5, 0.6) is 0 Å². The van der Waals surface area contributed by atoms with Crippen molar-refractivity contribution in [3.05, 3.63) is 12.2 Å². The highest BCUT2D eigenvalue weighted by Gasteiger charge is 2.74. The average Bonchev–Trinajstić information content (AvgIpc) is 2.58. The zero-order valence-corrected chi connectivity index (χ0v) is 15.0. The molecule has 0 aliphatic heterocycles. The predicted octanol–water partition coefficient (Wildman–Crippen LogP) is 2.07. The molecule has 0 amide bonds. The number of ketones is 1. The summed E-state index contributed by atoms with van der Waals surface area (Å²) in [4.78, 5) is 13.1. The van der Waals surface area contributed by atoms with E-state index < -0.39 is 17.6 Å². The summed E-state index contributed by atoms with van der Waals surface area (Å²) in [5.41, 5.74) is -0.928. The molecule has 8 atom stereocenters. The zero-order valence-electron chi connectivity index (χ0n) is 15.0. The van der Waals surface area contributed by atoms with Crippen LogP contribution in [0.1, 0.15) is 52.9 Å². The van der Waals surface area contributed by atoms with Crippen molar-refractivity contribution >= 4 is 5.78 Å². The van der Waals surface area contributed by atoms with Crippen LogP contribution in [0.25, 0.3) is 0 Å². The number of carbonyl (C=O) groups excluding carboxylic acids is 1. The van der Waals surface area contributed by atoms with Crippen LogP contribution in [-0.4, -0.2) is 39.4 Å². The fourth-order valence-corrected chi connectivity index (χ4v) is 7.60. The lowest BCUT2D eigenvalue weighted by atomic mass is 9.39. The van der Waals surface area contributed by atoms with Crippen molar-refractivity contribution in [1.29, 1.82) is 0 Å². The largest absolute Gasteiger partial charge is 0.393 e. The number of carbonyl (C=O) groups is 1. The molecule has 134 valence electrons. The predicted molar refractivity (Wildman–Crippen MR) is 90.0 cm³/mol. The highest BCUT2D eigenvalue weighted by atomic mass is 16.3. The maximum atomic E-state index is 13.1. The maximum absolute atomic E-state index is 13.1. The van der Waals surface area contributed by atoms with E-state index in [1.165, 1.54) is 0 Å². The van der Waals surface area contributed by atoms with Crippen molar-refractivity contribution in [3.63, 3.8) is 0 Å². The van der Waals surface area contributed by atoms with Crippen LogP contribution >= 0.6 is 0 Å². The third kappa shape index (κ3) is 1.68. The fraction of sp³-hybridized carbons (Fsp3) is 0.850. The molecule has 4 aliphatic rings. The van der Waals surface area contributed by atoms with Gasteiger partial charge in [0.15, 0.2) is 5.78 Å². The van der Waals surface area contributed by atoms with Gasteiger partial charge in [0.2, 0.25) is 0 Å². The van der Waals surface area contributed by atoms with Gasteiger partial charge in [-0.15, -0.1) is 0 Å². The van der Waals surface area contributed by atoms with Crippen molar-refractivity contribution < 1.29 is 20.1 Å². The van der Waals surface area contributed by atoms with Crippen LogP contribution in [0.4, 0.5) is 0 Å². The number of Topliss-reactive ketones (excluding diaryl/α,β-unsaturated/α-hetero) is 1. The lowest BCUT2D eigenvalue weighted by Gasteiger charge is -2.65. The second-order valence-corrected chi connectivity index (χ2v) is 9.83. The van der Waals surface area contributed by atoms with Gasteiger partial charge in [-0.2, -0.15) is 0 Å². The molecule has 0 aromatic rings. The molecule has 1 spiro atoms. The summed E-state index contributed by atoms with van der Waals surface area (Å²) < 4.78 is 0. The summed E-state index contributed by atoms with van der Waals surface area (Å²) in [6.07, 6.45) is 1.44. The van der Waals surface area contributed by atoms with Gasteiger partial charge < -0.3 is 15.3 Å². The molecule has 4 heteroatoms. The minimum atomic E-state index is -1.10. The zero-order chi connectivity index (χ0) is 17.7. The van der Waals surface area contributed by atoms with Crippen LogP contribution in [0.15, 0.2) is 12.2 Å². The van der Waals surface area contributed by atoms with Crippen molar-refractivity contribution in [2.24, 2.45) is 34.0 Å². The smallest absolute Gasteiger partial charge is 0.170 e. The lowest BCUT2D eigenvalue weighted by Crippen LogP contribution is -2.68. The van der Waals surface area contributed by atoms with Gasteiger partial charge in [0.25, 0.3) is 0 Å². The topological polar surface area (TPSA) is 77.8 Å². The number of hydrogen-bond donors (Lipinski definition) is 3. The van der Waals surface area contributed by atoms with Gasteiger partial charge in [0.1, 0.15) is 0 Å². The monoisotopic (exact) mass is 334 g/mol. The average molecular weight is 334 g/mol. The van der Waals surface area contributed by atoms with Crippen LogP contribution in [0.2, 0.25) is 0 Å². The first-order valence-electron chi connectivity index (χ1n) is 9.34. The molecule has 2 bridgehead atoms. The Morgan fingerprint density at radius 1 is 1.04 bits per heavy atom. The third-order valence-corrected chi connectivity index (χ3v) is 8.33. The van der Waals surface area contributed by atoms with Crippen LogP contribution in [0, 0.1) is 34.0 Å². The standard InChI is InChI=1S/C20H30O4/c1-10-12-5-6-13-19(4)9-11(21)8-18(2,3)14(19)7-15(22)20(13,16(10)23)17(12)24/h11-15,17,21-22,24H,1,5-9H2,2-4H3. The van der Waals surface area contributed by atoms with Crippen LogP contribution < -0.4 is 0 Å². The van der Waals surface area contributed by atoms with Crippen molar-refractivity contribution in [1.82, 2.24) is 0 Å².